The van der Waals surface area contributed by atoms with Gasteiger partial charge in [-0.15, -0.1) is 0 Å². The van der Waals surface area contributed by atoms with E-state index in [0.717, 1.165) is 0 Å². The van der Waals surface area contributed by atoms with Gasteiger partial charge in [-0.2, -0.15) is 0 Å². The van der Waals surface area contributed by atoms with Crippen LogP contribution >= 0.6 is 0 Å². The van der Waals surface area contributed by atoms with Gasteiger partial charge >= 0.3 is 5.97 Å². The molecule has 0 unspecified atom stereocenters. The number of phenolic OH excluding ortho intramolecular Hbond substituents is 1. The summed E-state index contributed by atoms with van der Waals surface area (Å²) >= 11 is 0. The van der Waals surface area contributed by atoms with E-state index in [4.69, 9.17) is 9.84 Å². The Labute approximate surface area is 120 Å². The fraction of sp³-hybridized carbons (Fsp3) is 0.0667. The fourth-order valence-corrected chi connectivity index (χ4v) is 1.73. The van der Waals surface area contributed by atoms with Gasteiger partial charge in [-0.05, 0) is 36.4 Å². The van der Waals surface area contributed by atoms with E-state index in [2.05, 4.69) is 5.32 Å². The number of amides is 1. The van der Waals surface area contributed by atoms with Crippen LogP contribution in [0.15, 0.2) is 42.5 Å². The number of carbonyl (C=O) groups excluding carboxylic acids is 1. The van der Waals surface area contributed by atoms with Crippen LogP contribution in [0.4, 0.5) is 5.69 Å². The van der Waals surface area contributed by atoms with Crippen LogP contribution in [-0.2, 0) is 0 Å². The minimum Gasteiger partial charge on any atom is -0.507 e. The molecular weight excluding hydrogens is 274 g/mol. The largest absolute Gasteiger partial charge is 0.507 e. The van der Waals surface area contributed by atoms with Crippen molar-refractivity contribution in [3.63, 3.8) is 0 Å². The van der Waals surface area contributed by atoms with Crippen LogP contribution in [0.25, 0.3) is 0 Å². The van der Waals surface area contributed by atoms with E-state index >= 15 is 0 Å². The zero-order chi connectivity index (χ0) is 15.4. The third-order valence-corrected chi connectivity index (χ3v) is 2.84. The zero-order valence-electron chi connectivity index (χ0n) is 11.2. The highest BCUT2D eigenvalue weighted by Gasteiger charge is 2.12. The van der Waals surface area contributed by atoms with Crippen molar-refractivity contribution in [2.24, 2.45) is 0 Å². The third-order valence-electron chi connectivity index (χ3n) is 2.84. The summed E-state index contributed by atoms with van der Waals surface area (Å²) in [6.07, 6.45) is 0. The Morgan fingerprint density at radius 3 is 2.29 bits per heavy atom. The van der Waals surface area contributed by atoms with Gasteiger partial charge in [0.05, 0.1) is 18.2 Å². The molecule has 0 spiro atoms. The van der Waals surface area contributed by atoms with E-state index < -0.39 is 11.9 Å². The van der Waals surface area contributed by atoms with E-state index in [1.807, 2.05) is 0 Å². The summed E-state index contributed by atoms with van der Waals surface area (Å²) in [5.74, 6) is -1.30. The summed E-state index contributed by atoms with van der Waals surface area (Å²) in [6.45, 7) is 0. The lowest BCUT2D eigenvalue weighted by Crippen LogP contribution is -2.12. The quantitative estimate of drug-likeness (QED) is 0.802. The first-order chi connectivity index (χ1) is 10.0. The summed E-state index contributed by atoms with van der Waals surface area (Å²) in [4.78, 5) is 22.8. The fourth-order valence-electron chi connectivity index (χ4n) is 1.73. The van der Waals surface area contributed by atoms with Crippen LogP contribution in [0.1, 0.15) is 20.7 Å². The summed E-state index contributed by atoms with van der Waals surface area (Å²) in [5.41, 5.74) is 0.652. The normalized spacial score (nSPS) is 9.95. The number of methoxy groups -OCH3 is 1. The van der Waals surface area contributed by atoms with Crippen LogP contribution in [0.3, 0.4) is 0 Å². The molecule has 0 saturated heterocycles. The zero-order valence-corrected chi connectivity index (χ0v) is 11.2. The maximum absolute atomic E-state index is 12.0. The molecule has 0 saturated carbocycles. The number of ether oxygens (including phenoxy) is 1. The highest BCUT2D eigenvalue weighted by molar-refractivity contribution is 6.06. The van der Waals surface area contributed by atoms with Crippen LogP contribution in [0.5, 0.6) is 11.5 Å². The van der Waals surface area contributed by atoms with Gasteiger partial charge in [-0.3, -0.25) is 4.79 Å². The van der Waals surface area contributed by atoms with Crippen molar-refractivity contribution in [1.82, 2.24) is 0 Å². The molecule has 2 aromatic carbocycles. The van der Waals surface area contributed by atoms with Crippen molar-refractivity contribution >= 4 is 17.6 Å². The highest BCUT2D eigenvalue weighted by Crippen LogP contribution is 2.24. The van der Waals surface area contributed by atoms with Gasteiger partial charge in [0.1, 0.15) is 11.5 Å². The Bertz CT molecular complexity index is 679. The first kappa shape index (κ1) is 14.4. The van der Waals surface area contributed by atoms with E-state index in [1.165, 1.54) is 43.5 Å². The third kappa shape index (κ3) is 3.30. The van der Waals surface area contributed by atoms with E-state index in [1.54, 1.807) is 6.07 Å². The molecule has 2 aromatic rings. The molecule has 0 bridgehead atoms. The molecule has 108 valence electrons. The summed E-state index contributed by atoms with van der Waals surface area (Å²) in [7, 11) is 1.46. The molecule has 0 radical (unpaired) electrons. The predicted molar refractivity (Wildman–Crippen MR) is 76.0 cm³/mol. The Kier molecular flexibility index (Phi) is 4.08. The number of nitrogens with one attached hydrogen (secondary N) is 1. The van der Waals surface area contributed by atoms with Crippen molar-refractivity contribution < 1.29 is 24.5 Å². The number of hydrogen-bond acceptors (Lipinski definition) is 4. The molecule has 21 heavy (non-hydrogen) atoms. The topological polar surface area (TPSA) is 95.9 Å². The van der Waals surface area contributed by atoms with Crippen LogP contribution in [-0.4, -0.2) is 29.2 Å². The van der Waals surface area contributed by atoms with Gasteiger partial charge in [0.2, 0.25) is 0 Å². The molecule has 0 aliphatic carbocycles. The Hall–Kier alpha value is -3.02. The molecule has 0 fully saturated rings. The highest BCUT2D eigenvalue weighted by atomic mass is 16.5. The van der Waals surface area contributed by atoms with Crippen LogP contribution < -0.4 is 10.1 Å². The van der Waals surface area contributed by atoms with Crippen LogP contribution in [0, 0.1) is 0 Å². The first-order valence-corrected chi connectivity index (χ1v) is 6.03. The lowest BCUT2D eigenvalue weighted by molar-refractivity contribution is 0.0696. The molecule has 3 N–H and O–H groups in total. The number of hydrogen-bond donors (Lipinski definition) is 3. The smallest absolute Gasteiger partial charge is 0.335 e. The van der Waals surface area contributed by atoms with E-state index in [0.29, 0.717) is 11.4 Å². The van der Waals surface area contributed by atoms with Crippen molar-refractivity contribution in [3.8, 4) is 11.5 Å². The molecule has 0 atom stereocenters. The molecule has 6 heteroatoms. The second-order valence-electron chi connectivity index (χ2n) is 4.22. The second kappa shape index (κ2) is 5.96. The van der Waals surface area contributed by atoms with Gasteiger partial charge < -0.3 is 20.3 Å². The number of benzene rings is 2. The molecule has 0 aromatic heterocycles. The number of phenols is 1. The summed E-state index contributed by atoms with van der Waals surface area (Å²) in [5, 5.41) is 21.1. The number of carboxylic acid groups (broad SMARTS) is 1. The molecular formula is C15H13NO5. The van der Waals surface area contributed by atoms with E-state index in [-0.39, 0.29) is 16.9 Å². The maximum Gasteiger partial charge on any atom is 0.335 e. The number of aromatic hydroxyl groups is 1. The lowest BCUT2D eigenvalue weighted by Gasteiger charge is -2.08. The van der Waals surface area contributed by atoms with Gasteiger partial charge in [-0.1, -0.05) is 0 Å². The minimum absolute atomic E-state index is 0.0955. The molecule has 1 amide bonds. The molecule has 2 rings (SSSR count). The Balaban J connectivity index is 2.16. The molecule has 0 aliphatic rings. The first-order valence-electron chi connectivity index (χ1n) is 6.03. The number of carboxylic acids is 1. The standard InChI is InChI=1S/C15H13NO5/c1-21-11-6-7-12(13(17)8-11)14(18)16-10-4-2-9(3-5-10)15(19)20/h2-8,17H,1H3,(H,16,18)(H,19,20). The van der Waals surface area contributed by atoms with Crippen LogP contribution in [0.2, 0.25) is 0 Å². The molecule has 0 heterocycles. The van der Waals surface area contributed by atoms with Crippen molar-refractivity contribution in [2.45, 2.75) is 0 Å². The lowest BCUT2D eigenvalue weighted by atomic mass is 10.1. The average Bonchev–Trinajstić information content (AvgIpc) is 2.47. The SMILES string of the molecule is COc1ccc(C(=O)Nc2ccc(C(=O)O)cc2)c(O)c1. The van der Waals surface area contributed by atoms with Gasteiger partial charge in [0, 0.05) is 11.8 Å². The van der Waals surface area contributed by atoms with Crippen molar-refractivity contribution in [3.05, 3.63) is 53.6 Å². The monoisotopic (exact) mass is 287 g/mol. The van der Waals surface area contributed by atoms with E-state index in [9.17, 15) is 14.7 Å². The number of aromatic carboxylic acids is 1. The van der Waals surface area contributed by atoms with Gasteiger partial charge in [0.25, 0.3) is 5.91 Å². The second-order valence-corrected chi connectivity index (χ2v) is 4.22. The molecule has 0 aliphatic heterocycles. The minimum atomic E-state index is -1.04. The predicted octanol–water partition coefficient (Wildman–Crippen LogP) is 2.35. The van der Waals surface area contributed by atoms with Crippen molar-refractivity contribution in [1.29, 1.82) is 0 Å². The number of carbonyl (C=O) groups is 2. The Morgan fingerprint density at radius 1 is 1.10 bits per heavy atom. The summed E-state index contributed by atoms with van der Waals surface area (Å²) < 4.78 is 4.94. The maximum atomic E-state index is 12.0. The number of rotatable bonds is 4. The van der Waals surface area contributed by atoms with Gasteiger partial charge in [-0.25, -0.2) is 4.79 Å². The molecule has 6 nitrogen and oxygen atoms in total. The number of anilines is 1. The average molecular weight is 287 g/mol. The Morgan fingerprint density at radius 2 is 1.76 bits per heavy atom. The van der Waals surface area contributed by atoms with Crippen molar-refractivity contribution in [2.75, 3.05) is 12.4 Å². The summed E-state index contributed by atoms with van der Waals surface area (Å²) in [6, 6.07) is 10.0. The van der Waals surface area contributed by atoms with Gasteiger partial charge in [0.15, 0.2) is 0 Å².